The van der Waals surface area contributed by atoms with Gasteiger partial charge in [-0.2, -0.15) is 0 Å². The molecule has 2 saturated heterocycles. The molecule has 0 radical (unpaired) electrons. The lowest BCUT2D eigenvalue weighted by Gasteiger charge is -2.36. The van der Waals surface area contributed by atoms with Gasteiger partial charge in [0.15, 0.2) is 5.11 Å². The van der Waals surface area contributed by atoms with Crippen molar-refractivity contribution >= 4 is 40.5 Å². The van der Waals surface area contributed by atoms with Crippen molar-refractivity contribution in [1.29, 1.82) is 0 Å². The lowest BCUT2D eigenvalue weighted by Crippen LogP contribution is -2.47. The molecule has 4 rings (SSSR count). The van der Waals surface area contributed by atoms with Gasteiger partial charge in [0.1, 0.15) is 17.5 Å². The van der Waals surface area contributed by atoms with Gasteiger partial charge in [-0.25, -0.2) is 0 Å². The standard InChI is InChI=1S/C27H35N5O4S/c1-29-26(34)24(19-25(33)28-20-5-9-22(35-2)10-6-20)32(27(29)37)14-4-13-30-15-17-31(18-16-30)21-7-11-23(36-3)12-8-21/h5-12,24H,4,13-19H2,1-3H3,(H,28,33). The highest BCUT2D eigenvalue weighted by Gasteiger charge is 2.41. The molecule has 2 heterocycles. The summed E-state index contributed by atoms with van der Waals surface area (Å²) in [7, 11) is 4.95. The van der Waals surface area contributed by atoms with Gasteiger partial charge < -0.3 is 24.6 Å². The molecule has 2 aliphatic rings. The van der Waals surface area contributed by atoms with E-state index in [0.717, 1.165) is 44.9 Å². The maximum atomic E-state index is 12.8. The van der Waals surface area contributed by atoms with Crippen molar-refractivity contribution < 1.29 is 19.1 Å². The van der Waals surface area contributed by atoms with E-state index >= 15 is 0 Å². The number of amides is 2. The summed E-state index contributed by atoms with van der Waals surface area (Å²) < 4.78 is 10.4. The molecule has 1 unspecified atom stereocenters. The van der Waals surface area contributed by atoms with Crippen LogP contribution in [0.3, 0.4) is 0 Å². The topological polar surface area (TPSA) is 77.6 Å². The average molecular weight is 526 g/mol. The Morgan fingerprint density at radius 3 is 2.14 bits per heavy atom. The van der Waals surface area contributed by atoms with Gasteiger partial charge in [0.2, 0.25) is 5.91 Å². The summed E-state index contributed by atoms with van der Waals surface area (Å²) in [5.74, 6) is 1.22. The van der Waals surface area contributed by atoms with E-state index in [2.05, 4.69) is 27.2 Å². The van der Waals surface area contributed by atoms with Crippen LogP contribution in [0.1, 0.15) is 12.8 Å². The van der Waals surface area contributed by atoms with E-state index in [0.29, 0.717) is 23.1 Å². The van der Waals surface area contributed by atoms with Gasteiger partial charge in [-0.05, 0) is 73.7 Å². The Morgan fingerprint density at radius 2 is 1.54 bits per heavy atom. The maximum Gasteiger partial charge on any atom is 0.251 e. The molecule has 198 valence electrons. The molecule has 2 aromatic carbocycles. The number of anilines is 2. The van der Waals surface area contributed by atoms with Crippen molar-refractivity contribution in [2.45, 2.75) is 18.9 Å². The Bertz CT molecular complexity index is 1090. The predicted octanol–water partition coefficient (Wildman–Crippen LogP) is 2.67. The van der Waals surface area contributed by atoms with Crippen molar-refractivity contribution in [2.75, 3.05) is 70.8 Å². The van der Waals surface area contributed by atoms with Crippen molar-refractivity contribution in [3.8, 4) is 11.5 Å². The van der Waals surface area contributed by atoms with E-state index in [1.54, 1.807) is 45.5 Å². The number of piperazine rings is 1. The Morgan fingerprint density at radius 1 is 0.946 bits per heavy atom. The van der Waals surface area contributed by atoms with Gasteiger partial charge in [-0.3, -0.25) is 19.4 Å². The molecule has 0 aliphatic carbocycles. The first kappa shape index (κ1) is 26.7. The summed E-state index contributed by atoms with van der Waals surface area (Å²) in [5.41, 5.74) is 1.87. The molecule has 37 heavy (non-hydrogen) atoms. The molecule has 2 amide bonds. The molecular weight excluding hydrogens is 490 g/mol. The van der Waals surface area contributed by atoms with Crippen LogP contribution in [0, 0.1) is 0 Å². The number of carbonyl (C=O) groups is 2. The zero-order valence-electron chi connectivity index (χ0n) is 21.7. The molecule has 2 aliphatic heterocycles. The smallest absolute Gasteiger partial charge is 0.251 e. The van der Waals surface area contributed by atoms with Crippen LogP contribution in [0.2, 0.25) is 0 Å². The summed E-state index contributed by atoms with van der Waals surface area (Å²) in [6.07, 6.45) is 0.913. The lowest BCUT2D eigenvalue weighted by molar-refractivity contribution is -0.130. The normalized spacial score (nSPS) is 18.4. The third-order valence-electron chi connectivity index (χ3n) is 6.96. The highest BCUT2D eigenvalue weighted by Crippen LogP contribution is 2.23. The average Bonchev–Trinajstić information content (AvgIpc) is 3.12. The molecule has 1 N–H and O–H groups in total. The molecule has 0 spiro atoms. The quantitative estimate of drug-likeness (QED) is 0.475. The van der Waals surface area contributed by atoms with Crippen LogP contribution in [0.5, 0.6) is 11.5 Å². The molecule has 1 atom stereocenters. The van der Waals surface area contributed by atoms with E-state index in [9.17, 15) is 9.59 Å². The van der Waals surface area contributed by atoms with Crippen molar-refractivity contribution in [1.82, 2.24) is 14.7 Å². The molecule has 9 nitrogen and oxygen atoms in total. The van der Waals surface area contributed by atoms with Crippen LogP contribution in [0.4, 0.5) is 11.4 Å². The number of nitrogens with zero attached hydrogens (tertiary/aromatic N) is 4. The Hall–Kier alpha value is -3.37. The second-order valence-electron chi connectivity index (χ2n) is 9.25. The number of rotatable bonds is 10. The fraction of sp³-hybridized carbons (Fsp3) is 0.444. The first-order chi connectivity index (χ1) is 17.9. The molecule has 0 bridgehead atoms. The van der Waals surface area contributed by atoms with E-state index < -0.39 is 6.04 Å². The number of thiocarbonyl (C=S) groups is 1. The van der Waals surface area contributed by atoms with Crippen molar-refractivity contribution in [2.24, 2.45) is 0 Å². The Kier molecular flexibility index (Phi) is 8.83. The number of carbonyl (C=O) groups excluding carboxylic acids is 2. The summed E-state index contributed by atoms with van der Waals surface area (Å²) in [4.78, 5) is 33.8. The fourth-order valence-corrected chi connectivity index (χ4v) is 5.08. The van der Waals surface area contributed by atoms with Gasteiger partial charge in [0.05, 0.1) is 20.6 Å². The number of nitrogens with one attached hydrogen (secondary N) is 1. The van der Waals surface area contributed by atoms with Crippen LogP contribution >= 0.6 is 12.2 Å². The minimum Gasteiger partial charge on any atom is -0.497 e. The number of hydrogen-bond acceptors (Lipinski definition) is 7. The van der Waals surface area contributed by atoms with Gasteiger partial charge >= 0.3 is 0 Å². The summed E-state index contributed by atoms with van der Waals surface area (Å²) in [5, 5.41) is 3.35. The number of benzene rings is 2. The molecule has 0 aromatic heterocycles. The zero-order valence-corrected chi connectivity index (χ0v) is 22.5. The summed E-state index contributed by atoms with van der Waals surface area (Å²) in [6, 6.07) is 14.7. The molecule has 10 heteroatoms. The molecule has 2 fully saturated rings. The van der Waals surface area contributed by atoms with E-state index in [-0.39, 0.29) is 18.2 Å². The van der Waals surface area contributed by atoms with E-state index in [1.807, 2.05) is 17.0 Å². The minimum absolute atomic E-state index is 0.0515. The Labute approximate surface area is 223 Å². The van der Waals surface area contributed by atoms with Crippen LogP contribution < -0.4 is 19.7 Å². The Balaban J connectivity index is 1.25. The van der Waals surface area contributed by atoms with Gasteiger partial charge in [0.25, 0.3) is 5.91 Å². The molecule has 2 aromatic rings. The number of ether oxygens (including phenoxy) is 2. The molecule has 0 saturated carbocycles. The number of methoxy groups -OCH3 is 2. The van der Waals surface area contributed by atoms with Crippen LogP contribution in [-0.4, -0.2) is 98.2 Å². The number of hydrogen-bond donors (Lipinski definition) is 1. The third-order valence-corrected chi connectivity index (χ3v) is 7.47. The fourth-order valence-electron chi connectivity index (χ4n) is 4.78. The van der Waals surface area contributed by atoms with Gasteiger partial charge in [0, 0.05) is 51.1 Å². The third kappa shape index (κ3) is 6.50. The van der Waals surface area contributed by atoms with E-state index in [1.165, 1.54) is 10.6 Å². The maximum absolute atomic E-state index is 12.8. The van der Waals surface area contributed by atoms with Crippen molar-refractivity contribution in [3.63, 3.8) is 0 Å². The van der Waals surface area contributed by atoms with Crippen molar-refractivity contribution in [3.05, 3.63) is 48.5 Å². The predicted molar refractivity (Wildman–Crippen MR) is 148 cm³/mol. The molecular formula is C27H35N5O4S. The lowest BCUT2D eigenvalue weighted by atomic mass is 10.1. The first-order valence-electron chi connectivity index (χ1n) is 12.5. The monoisotopic (exact) mass is 525 g/mol. The zero-order chi connectivity index (χ0) is 26.4. The first-order valence-corrected chi connectivity index (χ1v) is 12.9. The summed E-state index contributed by atoms with van der Waals surface area (Å²) >= 11 is 5.54. The SMILES string of the molecule is COc1ccc(NC(=O)CC2C(=O)N(C)C(=S)N2CCCN2CCN(c3ccc(OC)cc3)CC2)cc1. The second kappa shape index (κ2) is 12.2. The van der Waals surface area contributed by atoms with Crippen LogP contribution in [0.15, 0.2) is 48.5 Å². The highest BCUT2D eigenvalue weighted by atomic mass is 32.1. The summed E-state index contributed by atoms with van der Waals surface area (Å²) in [6.45, 7) is 5.42. The van der Waals surface area contributed by atoms with Crippen LogP contribution in [-0.2, 0) is 9.59 Å². The van der Waals surface area contributed by atoms with Gasteiger partial charge in [-0.15, -0.1) is 0 Å². The largest absolute Gasteiger partial charge is 0.497 e. The van der Waals surface area contributed by atoms with E-state index in [4.69, 9.17) is 21.7 Å². The number of likely N-dealkylation sites (N-methyl/N-ethyl adjacent to an activating group) is 1. The van der Waals surface area contributed by atoms with Crippen LogP contribution in [0.25, 0.3) is 0 Å². The highest BCUT2D eigenvalue weighted by molar-refractivity contribution is 7.80. The van der Waals surface area contributed by atoms with Gasteiger partial charge in [-0.1, -0.05) is 0 Å². The minimum atomic E-state index is -0.581. The second-order valence-corrected chi connectivity index (χ2v) is 9.62.